The van der Waals surface area contributed by atoms with Crippen LogP contribution in [0.4, 0.5) is 0 Å². The number of nitrogens with zero attached hydrogens (tertiary/aromatic N) is 2. The minimum atomic E-state index is 0.439. The molecule has 0 radical (unpaired) electrons. The van der Waals surface area contributed by atoms with E-state index >= 15 is 0 Å². The molecule has 2 saturated heterocycles. The van der Waals surface area contributed by atoms with Gasteiger partial charge in [0, 0.05) is 25.2 Å². The lowest BCUT2D eigenvalue weighted by Gasteiger charge is -2.33. The molecule has 1 aromatic rings. The standard InChI is InChI=1S/C17H29N3O2/c1-13-17(14(2)22-19-13)12-20-8-5-15(6-9-20)3-4-16-11-18-7-10-21-16/h15-16,18H,3-12H2,1-2H3. The zero-order valence-electron chi connectivity index (χ0n) is 13.9. The van der Waals surface area contributed by atoms with E-state index in [0.717, 1.165) is 43.6 Å². The number of nitrogens with one attached hydrogen (secondary N) is 1. The summed E-state index contributed by atoms with van der Waals surface area (Å²) in [5.74, 6) is 1.84. The Morgan fingerprint density at radius 1 is 1.23 bits per heavy atom. The van der Waals surface area contributed by atoms with E-state index in [1.165, 1.54) is 44.3 Å². The van der Waals surface area contributed by atoms with Crippen molar-refractivity contribution in [3.8, 4) is 0 Å². The third-order valence-electron chi connectivity index (χ3n) is 5.17. The maximum atomic E-state index is 5.80. The van der Waals surface area contributed by atoms with Crippen LogP contribution in [0.3, 0.4) is 0 Å². The quantitative estimate of drug-likeness (QED) is 0.904. The Morgan fingerprint density at radius 3 is 2.68 bits per heavy atom. The third-order valence-corrected chi connectivity index (χ3v) is 5.17. The number of hydrogen-bond acceptors (Lipinski definition) is 5. The molecular formula is C17H29N3O2. The van der Waals surface area contributed by atoms with E-state index in [1.54, 1.807) is 0 Å². The average molecular weight is 307 g/mol. The van der Waals surface area contributed by atoms with E-state index in [9.17, 15) is 0 Å². The van der Waals surface area contributed by atoms with Crippen molar-refractivity contribution in [1.29, 1.82) is 0 Å². The number of ether oxygens (including phenoxy) is 1. The van der Waals surface area contributed by atoms with Gasteiger partial charge in [0.05, 0.1) is 18.4 Å². The van der Waals surface area contributed by atoms with Crippen molar-refractivity contribution in [3.05, 3.63) is 17.0 Å². The molecule has 1 N–H and O–H groups in total. The molecule has 0 spiro atoms. The second kappa shape index (κ2) is 7.57. The molecule has 0 amide bonds. The molecule has 2 aliphatic rings. The fourth-order valence-electron chi connectivity index (χ4n) is 3.61. The van der Waals surface area contributed by atoms with Crippen molar-refractivity contribution < 1.29 is 9.26 Å². The van der Waals surface area contributed by atoms with Crippen molar-refractivity contribution in [2.24, 2.45) is 5.92 Å². The van der Waals surface area contributed by atoms with Gasteiger partial charge in [-0.15, -0.1) is 0 Å². The molecule has 3 heterocycles. The highest BCUT2D eigenvalue weighted by Crippen LogP contribution is 2.25. The molecule has 1 atom stereocenters. The van der Waals surface area contributed by atoms with Gasteiger partial charge in [0.1, 0.15) is 5.76 Å². The molecule has 5 heteroatoms. The highest BCUT2D eigenvalue weighted by molar-refractivity contribution is 5.20. The van der Waals surface area contributed by atoms with Crippen LogP contribution in [0.15, 0.2) is 4.52 Å². The summed E-state index contributed by atoms with van der Waals surface area (Å²) in [6, 6.07) is 0. The summed E-state index contributed by atoms with van der Waals surface area (Å²) in [5, 5.41) is 7.47. The topological polar surface area (TPSA) is 50.5 Å². The largest absolute Gasteiger partial charge is 0.376 e. The number of likely N-dealkylation sites (tertiary alicyclic amines) is 1. The fourth-order valence-corrected chi connectivity index (χ4v) is 3.61. The molecule has 1 aromatic heterocycles. The Morgan fingerprint density at radius 2 is 2.05 bits per heavy atom. The predicted octanol–water partition coefficient (Wildman–Crippen LogP) is 2.27. The van der Waals surface area contributed by atoms with Crippen LogP contribution in [0.25, 0.3) is 0 Å². The molecule has 3 rings (SSSR count). The van der Waals surface area contributed by atoms with Gasteiger partial charge in [-0.2, -0.15) is 0 Å². The second-order valence-corrected chi connectivity index (χ2v) is 6.80. The predicted molar refractivity (Wildman–Crippen MR) is 85.8 cm³/mol. The zero-order valence-corrected chi connectivity index (χ0v) is 13.9. The molecular weight excluding hydrogens is 278 g/mol. The lowest BCUT2D eigenvalue weighted by atomic mass is 9.90. The fraction of sp³-hybridized carbons (Fsp3) is 0.824. The number of piperidine rings is 1. The Hall–Kier alpha value is -0.910. The maximum Gasteiger partial charge on any atom is 0.138 e. The minimum absolute atomic E-state index is 0.439. The first kappa shape index (κ1) is 16.0. The van der Waals surface area contributed by atoms with Gasteiger partial charge < -0.3 is 14.6 Å². The second-order valence-electron chi connectivity index (χ2n) is 6.80. The molecule has 5 nitrogen and oxygen atoms in total. The summed E-state index contributed by atoms with van der Waals surface area (Å²) in [4.78, 5) is 2.54. The first-order valence-corrected chi connectivity index (χ1v) is 8.69. The van der Waals surface area contributed by atoms with Gasteiger partial charge in [0.25, 0.3) is 0 Å². The number of aromatic nitrogens is 1. The molecule has 124 valence electrons. The summed E-state index contributed by atoms with van der Waals surface area (Å²) in [5.41, 5.74) is 2.32. The van der Waals surface area contributed by atoms with Crippen LogP contribution in [-0.4, -0.2) is 48.9 Å². The number of rotatable bonds is 5. The van der Waals surface area contributed by atoms with E-state index in [-0.39, 0.29) is 0 Å². The van der Waals surface area contributed by atoms with Gasteiger partial charge in [-0.05, 0) is 58.5 Å². The van der Waals surface area contributed by atoms with Crippen LogP contribution < -0.4 is 5.32 Å². The maximum absolute atomic E-state index is 5.80. The van der Waals surface area contributed by atoms with Gasteiger partial charge in [-0.3, -0.25) is 4.90 Å². The van der Waals surface area contributed by atoms with Crippen molar-refractivity contribution in [1.82, 2.24) is 15.4 Å². The Bertz CT molecular complexity index is 441. The molecule has 0 aromatic carbocycles. The summed E-state index contributed by atoms with van der Waals surface area (Å²) >= 11 is 0. The van der Waals surface area contributed by atoms with Gasteiger partial charge >= 0.3 is 0 Å². The van der Waals surface area contributed by atoms with Crippen LogP contribution >= 0.6 is 0 Å². The average Bonchev–Trinajstić information content (AvgIpc) is 2.87. The SMILES string of the molecule is Cc1noc(C)c1CN1CCC(CCC2CNCCO2)CC1. The van der Waals surface area contributed by atoms with Crippen LogP contribution in [0, 0.1) is 19.8 Å². The lowest BCUT2D eigenvalue weighted by Crippen LogP contribution is -2.39. The minimum Gasteiger partial charge on any atom is -0.376 e. The Kier molecular flexibility index (Phi) is 5.50. The van der Waals surface area contributed by atoms with Crippen LogP contribution in [0.1, 0.15) is 42.7 Å². The number of hydrogen-bond donors (Lipinski definition) is 1. The summed E-state index contributed by atoms with van der Waals surface area (Å²) in [7, 11) is 0. The van der Waals surface area contributed by atoms with Crippen LogP contribution in [0.5, 0.6) is 0 Å². The molecule has 0 aliphatic carbocycles. The van der Waals surface area contributed by atoms with Crippen molar-refractivity contribution in [2.45, 2.75) is 52.2 Å². The molecule has 1 unspecified atom stereocenters. The summed E-state index contributed by atoms with van der Waals surface area (Å²) in [6.07, 6.45) is 5.58. The van der Waals surface area contributed by atoms with Gasteiger partial charge in [-0.1, -0.05) is 5.16 Å². The number of morpholine rings is 1. The first-order chi connectivity index (χ1) is 10.7. The van der Waals surface area contributed by atoms with Crippen molar-refractivity contribution in [2.75, 3.05) is 32.8 Å². The van der Waals surface area contributed by atoms with Crippen LogP contribution in [0.2, 0.25) is 0 Å². The molecule has 22 heavy (non-hydrogen) atoms. The smallest absolute Gasteiger partial charge is 0.138 e. The van der Waals surface area contributed by atoms with E-state index in [0.29, 0.717) is 6.10 Å². The monoisotopic (exact) mass is 307 g/mol. The lowest BCUT2D eigenvalue weighted by molar-refractivity contribution is 0.0175. The van der Waals surface area contributed by atoms with Gasteiger partial charge in [0.15, 0.2) is 0 Å². The Labute approximate surface area is 133 Å². The Balaban J connectivity index is 1.39. The molecule has 0 saturated carbocycles. The highest BCUT2D eigenvalue weighted by atomic mass is 16.5. The summed E-state index contributed by atoms with van der Waals surface area (Å²) in [6.45, 7) is 10.3. The molecule has 2 fully saturated rings. The van der Waals surface area contributed by atoms with E-state index in [4.69, 9.17) is 9.26 Å². The summed E-state index contributed by atoms with van der Waals surface area (Å²) < 4.78 is 11.1. The van der Waals surface area contributed by atoms with E-state index in [1.807, 2.05) is 13.8 Å². The molecule has 0 bridgehead atoms. The van der Waals surface area contributed by atoms with Gasteiger partial charge in [-0.25, -0.2) is 0 Å². The van der Waals surface area contributed by atoms with Crippen LogP contribution in [-0.2, 0) is 11.3 Å². The third kappa shape index (κ3) is 4.09. The van der Waals surface area contributed by atoms with Gasteiger partial charge in [0.2, 0.25) is 0 Å². The molecule has 2 aliphatic heterocycles. The van der Waals surface area contributed by atoms with Crippen molar-refractivity contribution >= 4 is 0 Å². The highest BCUT2D eigenvalue weighted by Gasteiger charge is 2.23. The van der Waals surface area contributed by atoms with Crippen molar-refractivity contribution in [3.63, 3.8) is 0 Å². The van der Waals surface area contributed by atoms with E-state index < -0.39 is 0 Å². The zero-order chi connectivity index (χ0) is 15.4. The normalized spacial score (nSPS) is 24.7. The first-order valence-electron chi connectivity index (χ1n) is 8.69. The number of aryl methyl sites for hydroxylation is 2. The van der Waals surface area contributed by atoms with E-state index in [2.05, 4.69) is 15.4 Å².